The first-order chi connectivity index (χ1) is 10.5. The first kappa shape index (κ1) is 15.8. The van der Waals surface area contributed by atoms with E-state index >= 15 is 0 Å². The van der Waals surface area contributed by atoms with E-state index in [4.69, 9.17) is 4.74 Å². The monoisotopic (exact) mass is 301 g/mol. The number of ether oxygens (including phenoxy) is 1. The van der Waals surface area contributed by atoms with Crippen LogP contribution in [0, 0.1) is 0 Å². The van der Waals surface area contributed by atoms with Gasteiger partial charge in [-0.25, -0.2) is 9.78 Å². The van der Waals surface area contributed by atoms with Crippen LogP contribution < -0.4 is 5.32 Å². The molecule has 0 aliphatic carbocycles. The second-order valence-corrected chi connectivity index (χ2v) is 5.02. The fourth-order valence-electron chi connectivity index (χ4n) is 2.03. The molecule has 0 fully saturated rings. The van der Waals surface area contributed by atoms with Crippen molar-refractivity contribution in [1.29, 1.82) is 0 Å². The van der Waals surface area contributed by atoms with Crippen molar-refractivity contribution in [2.24, 2.45) is 0 Å². The lowest BCUT2D eigenvalue weighted by atomic mass is 10.2. The minimum absolute atomic E-state index is 0.168. The summed E-state index contributed by atoms with van der Waals surface area (Å²) in [6.07, 6.45) is 0.112. The van der Waals surface area contributed by atoms with Gasteiger partial charge in [-0.05, 0) is 31.5 Å². The Kier molecular flexibility index (Phi) is 4.60. The van der Waals surface area contributed by atoms with E-state index in [0.717, 1.165) is 5.52 Å². The number of aromatic amines is 1. The minimum Gasteiger partial charge on any atom is -0.451 e. The number of hydrogen-bond acceptors (Lipinski definition) is 4. The third kappa shape index (κ3) is 3.16. The molecule has 2 N–H and O–H groups in total. The number of aromatic nitrogens is 2. The molecule has 0 aliphatic heterocycles. The molecule has 1 heterocycles. The molecule has 2 aromatic rings. The van der Waals surface area contributed by atoms with E-state index < -0.39 is 12.1 Å². The number of fused-ring (bicyclic) bond motifs is 1. The van der Waals surface area contributed by atoms with Gasteiger partial charge in [0.1, 0.15) is 5.82 Å². The summed E-state index contributed by atoms with van der Waals surface area (Å²) >= 11 is 0. The molecule has 2 rings (SSSR count). The SMILES string of the molecule is C=C(C)C(=O)OC(CC)c1nc2ccc(C(=O)NC)cc2[nH]1. The van der Waals surface area contributed by atoms with E-state index in [1.54, 1.807) is 32.2 Å². The van der Waals surface area contributed by atoms with Crippen LogP contribution in [0.2, 0.25) is 0 Å². The topological polar surface area (TPSA) is 84.1 Å². The Labute approximate surface area is 128 Å². The van der Waals surface area contributed by atoms with Crippen LogP contribution >= 0.6 is 0 Å². The van der Waals surface area contributed by atoms with Gasteiger partial charge in [0, 0.05) is 18.2 Å². The Balaban J connectivity index is 2.32. The molecule has 0 spiro atoms. The molecule has 6 heteroatoms. The highest BCUT2D eigenvalue weighted by Gasteiger charge is 2.19. The number of carbonyl (C=O) groups is 2. The predicted octanol–water partition coefficient (Wildman–Crippen LogP) is 2.49. The zero-order valence-corrected chi connectivity index (χ0v) is 12.9. The van der Waals surface area contributed by atoms with Gasteiger partial charge < -0.3 is 15.0 Å². The molecule has 0 aliphatic rings. The summed E-state index contributed by atoms with van der Waals surface area (Å²) in [4.78, 5) is 30.9. The molecule has 0 bridgehead atoms. The number of carbonyl (C=O) groups excluding carboxylic acids is 2. The number of H-pyrrole nitrogens is 1. The highest BCUT2D eigenvalue weighted by atomic mass is 16.5. The molecule has 116 valence electrons. The number of nitrogens with zero attached hydrogens (tertiary/aromatic N) is 1. The van der Waals surface area contributed by atoms with Gasteiger partial charge in [-0.1, -0.05) is 13.5 Å². The van der Waals surface area contributed by atoms with Gasteiger partial charge in [-0.15, -0.1) is 0 Å². The summed E-state index contributed by atoms with van der Waals surface area (Å²) in [5, 5.41) is 2.57. The van der Waals surface area contributed by atoms with E-state index in [1.807, 2.05) is 6.92 Å². The van der Waals surface area contributed by atoms with Gasteiger partial charge in [-0.3, -0.25) is 4.79 Å². The van der Waals surface area contributed by atoms with Gasteiger partial charge in [-0.2, -0.15) is 0 Å². The average molecular weight is 301 g/mol. The van der Waals surface area contributed by atoms with Crippen molar-refractivity contribution in [3.63, 3.8) is 0 Å². The first-order valence-electron chi connectivity index (χ1n) is 7.04. The normalized spacial score (nSPS) is 12.0. The Bertz CT molecular complexity index is 733. The molecule has 1 amide bonds. The number of nitrogens with one attached hydrogen (secondary N) is 2. The molecule has 1 unspecified atom stereocenters. The highest BCUT2D eigenvalue weighted by molar-refractivity contribution is 5.97. The Morgan fingerprint density at radius 1 is 1.45 bits per heavy atom. The van der Waals surface area contributed by atoms with Crippen LogP contribution in [-0.2, 0) is 9.53 Å². The second kappa shape index (κ2) is 6.43. The summed E-state index contributed by atoms with van der Waals surface area (Å²) in [7, 11) is 1.58. The maximum absolute atomic E-state index is 11.7. The van der Waals surface area contributed by atoms with Crippen molar-refractivity contribution in [1.82, 2.24) is 15.3 Å². The fourth-order valence-corrected chi connectivity index (χ4v) is 2.03. The predicted molar refractivity (Wildman–Crippen MR) is 83.4 cm³/mol. The molecule has 0 saturated heterocycles. The van der Waals surface area contributed by atoms with Crippen LogP contribution in [0.1, 0.15) is 42.6 Å². The van der Waals surface area contributed by atoms with Gasteiger partial charge in [0.15, 0.2) is 6.10 Å². The Morgan fingerprint density at radius 3 is 2.77 bits per heavy atom. The van der Waals surface area contributed by atoms with Crippen LogP contribution in [0.3, 0.4) is 0 Å². The van der Waals surface area contributed by atoms with E-state index in [0.29, 0.717) is 28.9 Å². The highest BCUT2D eigenvalue weighted by Crippen LogP contribution is 2.23. The zero-order chi connectivity index (χ0) is 16.3. The lowest BCUT2D eigenvalue weighted by Crippen LogP contribution is -2.17. The van der Waals surface area contributed by atoms with Gasteiger partial charge in [0.25, 0.3) is 5.91 Å². The number of benzene rings is 1. The molecular weight excluding hydrogens is 282 g/mol. The summed E-state index contributed by atoms with van der Waals surface area (Å²) in [5.41, 5.74) is 2.32. The van der Waals surface area contributed by atoms with Crippen molar-refractivity contribution in [2.75, 3.05) is 7.05 Å². The standard InChI is InChI=1S/C16H19N3O3/c1-5-13(22-16(21)9(2)3)14-18-11-7-6-10(15(20)17-4)8-12(11)19-14/h6-8,13H,2,5H2,1,3-4H3,(H,17,20)(H,18,19). The fraction of sp³-hybridized carbons (Fsp3) is 0.312. The van der Waals surface area contributed by atoms with Crippen LogP contribution in [0.25, 0.3) is 11.0 Å². The maximum Gasteiger partial charge on any atom is 0.333 e. The molecule has 1 aromatic heterocycles. The van der Waals surface area contributed by atoms with Crippen molar-refractivity contribution in [3.8, 4) is 0 Å². The zero-order valence-electron chi connectivity index (χ0n) is 12.9. The molecule has 0 saturated carbocycles. The quantitative estimate of drug-likeness (QED) is 0.656. The van der Waals surface area contributed by atoms with Crippen molar-refractivity contribution in [2.45, 2.75) is 26.4 Å². The van der Waals surface area contributed by atoms with E-state index in [9.17, 15) is 9.59 Å². The number of amides is 1. The lowest BCUT2D eigenvalue weighted by Gasteiger charge is -2.13. The summed E-state index contributed by atoms with van der Waals surface area (Å²) < 4.78 is 5.36. The van der Waals surface area contributed by atoms with Crippen LogP contribution in [0.5, 0.6) is 0 Å². The summed E-state index contributed by atoms with van der Waals surface area (Å²) in [6, 6.07) is 5.18. The van der Waals surface area contributed by atoms with Gasteiger partial charge >= 0.3 is 5.97 Å². The summed E-state index contributed by atoms with van der Waals surface area (Å²) in [5.74, 6) is -0.0571. The smallest absolute Gasteiger partial charge is 0.333 e. The Morgan fingerprint density at radius 2 is 2.18 bits per heavy atom. The van der Waals surface area contributed by atoms with Gasteiger partial charge in [0.2, 0.25) is 0 Å². The number of imidazole rings is 1. The minimum atomic E-state index is -0.472. The maximum atomic E-state index is 11.7. The van der Waals surface area contributed by atoms with E-state index in [1.165, 1.54) is 0 Å². The van der Waals surface area contributed by atoms with E-state index in [2.05, 4.69) is 21.9 Å². The molecule has 22 heavy (non-hydrogen) atoms. The summed E-state index contributed by atoms with van der Waals surface area (Å²) in [6.45, 7) is 7.07. The van der Waals surface area contributed by atoms with Crippen molar-refractivity contribution < 1.29 is 14.3 Å². The first-order valence-corrected chi connectivity index (χ1v) is 7.04. The molecule has 1 aromatic carbocycles. The number of esters is 1. The third-order valence-corrected chi connectivity index (χ3v) is 3.26. The molecule has 0 radical (unpaired) electrons. The second-order valence-electron chi connectivity index (χ2n) is 5.02. The molecule has 6 nitrogen and oxygen atoms in total. The van der Waals surface area contributed by atoms with Crippen LogP contribution in [0.15, 0.2) is 30.4 Å². The van der Waals surface area contributed by atoms with Crippen molar-refractivity contribution >= 4 is 22.9 Å². The van der Waals surface area contributed by atoms with Crippen LogP contribution in [0.4, 0.5) is 0 Å². The van der Waals surface area contributed by atoms with Gasteiger partial charge in [0.05, 0.1) is 11.0 Å². The van der Waals surface area contributed by atoms with Crippen LogP contribution in [-0.4, -0.2) is 28.9 Å². The molecule has 1 atom stereocenters. The van der Waals surface area contributed by atoms with Crippen molar-refractivity contribution in [3.05, 3.63) is 41.7 Å². The lowest BCUT2D eigenvalue weighted by molar-refractivity contribution is -0.145. The average Bonchev–Trinajstić information content (AvgIpc) is 2.93. The number of rotatable bonds is 5. The largest absolute Gasteiger partial charge is 0.451 e. The Hall–Kier alpha value is -2.63. The molecular formula is C16H19N3O3. The van der Waals surface area contributed by atoms with E-state index in [-0.39, 0.29) is 5.91 Å². The number of hydrogen-bond donors (Lipinski definition) is 2. The third-order valence-electron chi connectivity index (χ3n) is 3.26.